The maximum atomic E-state index is 12.9. The third-order valence-electron chi connectivity index (χ3n) is 5.49. The van der Waals surface area contributed by atoms with E-state index in [0.717, 1.165) is 17.7 Å². The smallest absolute Gasteiger partial charge is 0.295 e. The fraction of sp³-hybridized carbons (Fsp3) is 0.391. The second-order valence-corrected chi connectivity index (χ2v) is 7.74. The molecule has 7 heteroatoms. The van der Waals surface area contributed by atoms with Crippen LogP contribution in [0.2, 0.25) is 0 Å². The molecule has 2 atom stereocenters. The van der Waals surface area contributed by atoms with Crippen molar-refractivity contribution in [2.24, 2.45) is 0 Å². The summed E-state index contributed by atoms with van der Waals surface area (Å²) in [6.07, 6.45) is 1.35. The van der Waals surface area contributed by atoms with Gasteiger partial charge in [0.15, 0.2) is 0 Å². The number of furan rings is 1. The highest BCUT2D eigenvalue weighted by Crippen LogP contribution is 2.41. The molecule has 2 aliphatic heterocycles. The highest BCUT2D eigenvalue weighted by molar-refractivity contribution is 6.46. The van der Waals surface area contributed by atoms with E-state index in [2.05, 4.69) is 0 Å². The van der Waals surface area contributed by atoms with Gasteiger partial charge in [0, 0.05) is 32.2 Å². The first-order valence-electron chi connectivity index (χ1n) is 10.0. The highest BCUT2D eigenvalue weighted by Gasteiger charge is 2.47. The lowest BCUT2D eigenvalue weighted by atomic mass is 9.97. The standard InChI is InChI=1S/C23H25NO6/c1-13-5-7-18(29-13)20-19(22(26)23(27)24(20)9-4-10-28-3)21(25)15-6-8-17-16(12-15)11-14(2)30-17/h5-8,12,14,20,25H,4,9-11H2,1-3H3/b21-19+/t14-,20-/m0/s1. The largest absolute Gasteiger partial charge is 0.507 e. The van der Waals surface area contributed by atoms with E-state index in [-0.39, 0.29) is 17.4 Å². The van der Waals surface area contributed by atoms with E-state index < -0.39 is 17.7 Å². The Labute approximate surface area is 174 Å². The Bertz CT molecular complexity index is 1020. The van der Waals surface area contributed by atoms with E-state index in [4.69, 9.17) is 13.9 Å². The minimum absolute atomic E-state index is 0.0404. The Morgan fingerprint density at radius 3 is 2.77 bits per heavy atom. The molecule has 1 fully saturated rings. The first kappa shape index (κ1) is 20.2. The van der Waals surface area contributed by atoms with E-state index in [1.54, 1.807) is 38.3 Å². The number of benzene rings is 1. The highest BCUT2D eigenvalue weighted by atomic mass is 16.5. The molecule has 0 saturated carbocycles. The van der Waals surface area contributed by atoms with E-state index >= 15 is 0 Å². The van der Waals surface area contributed by atoms with Crippen LogP contribution in [0.5, 0.6) is 5.75 Å². The average Bonchev–Trinajstić information content (AvgIpc) is 3.38. The Kier molecular flexibility index (Phi) is 5.39. The average molecular weight is 411 g/mol. The topological polar surface area (TPSA) is 89.2 Å². The van der Waals surface area contributed by atoms with Gasteiger partial charge in [-0.1, -0.05) is 0 Å². The van der Waals surface area contributed by atoms with Gasteiger partial charge in [0.2, 0.25) is 0 Å². The van der Waals surface area contributed by atoms with Crippen LogP contribution in [-0.4, -0.2) is 48.1 Å². The van der Waals surface area contributed by atoms with Gasteiger partial charge in [-0.05, 0) is 56.2 Å². The number of aliphatic hydroxyl groups excluding tert-OH is 1. The van der Waals surface area contributed by atoms with Crippen molar-refractivity contribution in [2.45, 2.75) is 38.8 Å². The van der Waals surface area contributed by atoms with Crippen LogP contribution < -0.4 is 4.74 Å². The second-order valence-electron chi connectivity index (χ2n) is 7.74. The first-order chi connectivity index (χ1) is 14.4. The number of ether oxygens (including phenoxy) is 2. The van der Waals surface area contributed by atoms with Gasteiger partial charge in [-0.3, -0.25) is 9.59 Å². The summed E-state index contributed by atoms with van der Waals surface area (Å²) >= 11 is 0. The molecule has 30 heavy (non-hydrogen) atoms. The van der Waals surface area contributed by atoms with Crippen LogP contribution >= 0.6 is 0 Å². The fourth-order valence-electron chi connectivity index (χ4n) is 4.11. The van der Waals surface area contributed by atoms with Crippen LogP contribution in [0.4, 0.5) is 0 Å². The Hall–Kier alpha value is -3.06. The molecule has 158 valence electrons. The van der Waals surface area contributed by atoms with Crippen LogP contribution in [0, 0.1) is 6.92 Å². The van der Waals surface area contributed by atoms with Crippen molar-refractivity contribution in [2.75, 3.05) is 20.3 Å². The maximum Gasteiger partial charge on any atom is 0.295 e. The molecule has 7 nitrogen and oxygen atoms in total. The molecule has 0 spiro atoms. The number of amides is 1. The Morgan fingerprint density at radius 1 is 1.27 bits per heavy atom. The second kappa shape index (κ2) is 7.99. The number of carbonyl (C=O) groups excluding carboxylic acids is 2. The van der Waals surface area contributed by atoms with Gasteiger partial charge >= 0.3 is 0 Å². The zero-order valence-corrected chi connectivity index (χ0v) is 17.3. The monoisotopic (exact) mass is 411 g/mol. The molecule has 2 aromatic rings. The summed E-state index contributed by atoms with van der Waals surface area (Å²) in [6, 6.07) is 8.04. The third-order valence-corrected chi connectivity index (χ3v) is 5.49. The number of fused-ring (bicyclic) bond motifs is 1. The van der Waals surface area contributed by atoms with Gasteiger partial charge in [-0.2, -0.15) is 0 Å². The lowest BCUT2D eigenvalue weighted by Gasteiger charge is -2.23. The summed E-state index contributed by atoms with van der Waals surface area (Å²) in [4.78, 5) is 27.2. The summed E-state index contributed by atoms with van der Waals surface area (Å²) < 4.78 is 16.6. The molecule has 0 bridgehead atoms. The van der Waals surface area contributed by atoms with Crippen molar-refractivity contribution in [1.29, 1.82) is 0 Å². The van der Waals surface area contributed by atoms with Gasteiger partial charge < -0.3 is 23.9 Å². The summed E-state index contributed by atoms with van der Waals surface area (Å²) in [6.45, 7) is 4.54. The van der Waals surface area contributed by atoms with Crippen molar-refractivity contribution >= 4 is 17.4 Å². The molecule has 1 saturated heterocycles. The van der Waals surface area contributed by atoms with Gasteiger partial charge in [-0.25, -0.2) is 0 Å². The Morgan fingerprint density at radius 2 is 2.07 bits per heavy atom. The van der Waals surface area contributed by atoms with E-state index in [0.29, 0.717) is 36.7 Å². The normalized spacial score (nSPS) is 22.4. The number of Topliss-reactive ketones (excluding diaryl/α,β-unsaturated/α-hetero) is 1. The van der Waals surface area contributed by atoms with Crippen molar-refractivity contribution in [3.05, 3.63) is 58.6 Å². The van der Waals surface area contributed by atoms with Crippen molar-refractivity contribution < 1.29 is 28.6 Å². The molecular formula is C23H25NO6. The number of methoxy groups -OCH3 is 1. The third kappa shape index (κ3) is 3.50. The molecule has 0 unspecified atom stereocenters. The number of carbonyl (C=O) groups is 2. The molecule has 0 radical (unpaired) electrons. The molecular weight excluding hydrogens is 386 g/mol. The predicted molar refractivity (Wildman–Crippen MR) is 109 cm³/mol. The lowest BCUT2D eigenvalue weighted by Crippen LogP contribution is -2.31. The number of aliphatic hydroxyl groups is 1. The minimum Gasteiger partial charge on any atom is -0.507 e. The van der Waals surface area contributed by atoms with E-state index in [9.17, 15) is 14.7 Å². The van der Waals surface area contributed by atoms with Crippen molar-refractivity contribution in [3.63, 3.8) is 0 Å². The minimum atomic E-state index is -0.779. The molecule has 3 heterocycles. The van der Waals surface area contributed by atoms with Crippen molar-refractivity contribution in [1.82, 2.24) is 4.90 Å². The van der Waals surface area contributed by atoms with Crippen LogP contribution in [0.1, 0.15) is 42.0 Å². The number of nitrogens with zero attached hydrogens (tertiary/aromatic N) is 1. The summed E-state index contributed by atoms with van der Waals surface area (Å²) in [5, 5.41) is 11.1. The van der Waals surface area contributed by atoms with Crippen LogP contribution in [-0.2, 0) is 20.7 Å². The lowest BCUT2D eigenvalue weighted by molar-refractivity contribution is -0.140. The number of likely N-dealkylation sites (tertiary alicyclic amines) is 1. The molecule has 1 amide bonds. The zero-order chi connectivity index (χ0) is 21.4. The van der Waals surface area contributed by atoms with E-state index in [1.165, 1.54) is 4.90 Å². The summed E-state index contributed by atoms with van der Waals surface area (Å²) in [5.74, 6) is 0.320. The van der Waals surface area contributed by atoms with Gasteiger partial charge in [0.25, 0.3) is 11.7 Å². The molecule has 4 rings (SSSR count). The fourth-order valence-corrected chi connectivity index (χ4v) is 4.11. The molecule has 1 aromatic heterocycles. The molecule has 2 aliphatic rings. The van der Waals surface area contributed by atoms with Gasteiger partial charge in [-0.15, -0.1) is 0 Å². The molecule has 0 aliphatic carbocycles. The summed E-state index contributed by atoms with van der Waals surface area (Å²) in [5.41, 5.74) is 1.49. The Balaban J connectivity index is 1.78. The maximum absolute atomic E-state index is 12.9. The van der Waals surface area contributed by atoms with E-state index in [1.807, 2.05) is 13.0 Å². The molecule has 1 aromatic carbocycles. The van der Waals surface area contributed by atoms with Gasteiger partial charge in [0.1, 0.15) is 35.2 Å². The van der Waals surface area contributed by atoms with Crippen LogP contribution in [0.3, 0.4) is 0 Å². The van der Waals surface area contributed by atoms with Crippen LogP contribution in [0.25, 0.3) is 5.76 Å². The molecule has 1 N–H and O–H groups in total. The van der Waals surface area contributed by atoms with Crippen molar-refractivity contribution in [3.8, 4) is 5.75 Å². The first-order valence-corrected chi connectivity index (χ1v) is 10.0. The quantitative estimate of drug-likeness (QED) is 0.339. The van der Waals surface area contributed by atoms with Crippen LogP contribution in [0.15, 0.2) is 40.3 Å². The van der Waals surface area contributed by atoms with Gasteiger partial charge in [0.05, 0.1) is 5.57 Å². The zero-order valence-electron chi connectivity index (χ0n) is 17.3. The predicted octanol–water partition coefficient (Wildman–Crippen LogP) is 3.37. The number of ketones is 1. The number of hydrogen-bond donors (Lipinski definition) is 1. The SMILES string of the molecule is COCCCN1C(=O)C(=O)/C(=C(/O)c2ccc3c(c2)C[C@H](C)O3)[C@@H]1c1ccc(C)o1. The number of rotatable bonds is 6. The number of aryl methyl sites for hydroxylation is 1. The number of hydrogen-bond acceptors (Lipinski definition) is 6. The summed E-state index contributed by atoms with van der Waals surface area (Å²) in [7, 11) is 1.58.